The summed E-state index contributed by atoms with van der Waals surface area (Å²) in [5, 5.41) is 0. The lowest BCUT2D eigenvalue weighted by molar-refractivity contribution is -1.03. The van der Waals surface area contributed by atoms with Gasteiger partial charge >= 0.3 is 0 Å². The van der Waals surface area contributed by atoms with E-state index in [1.165, 1.54) is 64.0 Å². The first-order valence-electron chi connectivity index (χ1n) is 9.19. The number of ketones is 1. The van der Waals surface area contributed by atoms with E-state index in [9.17, 15) is 9.18 Å². The van der Waals surface area contributed by atoms with Gasteiger partial charge < -0.3 is 9.80 Å². The Bertz CT molecular complexity index is 517. The standard InChI is InChI=1S/C19H27FN2O/c20-17-9-7-16(8-10-17)19(23)6-4-11-21-13-14-22-12-3-1-2-5-18(22)15-21/h7-10,18H,1-6,11-15H2/p+2. The van der Waals surface area contributed by atoms with Crippen molar-refractivity contribution in [3.05, 3.63) is 35.6 Å². The molecule has 23 heavy (non-hydrogen) atoms. The Labute approximate surface area is 138 Å². The topological polar surface area (TPSA) is 26.0 Å². The molecule has 2 aliphatic rings. The van der Waals surface area contributed by atoms with Gasteiger partial charge in [0.2, 0.25) is 0 Å². The number of quaternary nitrogens is 2. The van der Waals surface area contributed by atoms with Crippen molar-refractivity contribution >= 4 is 5.78 Å². The van der Waals surface area contributed by atoms with Crippen molar-refractivity contribution in [2.24, 2.45) is 0 Å². The zero-order valence-corrected chi connectivity index (χ0v) is 14.0. The van der Waals surface area contributed by atoms with Gasteiger partial charge in [-0.05, 0) is 43.5 Å². The number of hydrogen-bond acceptors (Lipinski definition) is 1. The lowest BCUT2D eigenvalue weighted by Gasteiger charge is -2.35. The van der Waals surface area contributed by atoms with E-state index in [1.54, 1.807) is 17.0 Å². The predicted molar refractivity (Wildman–Crippen MR) is 88.5 cm³/mol. The fourth-order valence-corrected chi connectivity index (χ4v) is 4.20. The first kappa shape index (κ1) is 16.6. The summed E-state index contributed by atoms with van der Waals surface area (Å²) in [4.78, 5) is 15.6. The molecule has 2 heterocycles. The minimum atomic E-state index is -0.283. The summed E-state index contributed by atoms with van der Waals surface area (Å²) in [6.07, 6.45) is 7.09. The van der Waals surface area contributed by atoms with Gasteiger partial charge in [-0.2, -0.15) is 0 Å². The van der Waals surface area contributed by atoms with E-state index in [0.29, 0.717) is 12.0 Å². The molecule has 0 aromatic heterocycles. The van der Waals surface area contributed by atoms with E-state index >= 15 is 0 Å². The van der Waals surface area contributed by atoms with Crippen molar-refractivity contribution in [1.82, 2.24) is 0 Å². The zero-order chi connectivity index (χ0) is 16.1. The third-order valence-corrected chi connectivity index (χ3v) is 5.56. The van der Waals surface area contributed by atoms with E-state index in [2.05, 4.69) is 0 Å². The molecule has 0 saturated carbocycles. The molecule has 0 aliphatic carbocycles. The largest absolute Gasteiger partial charge is 0.325 e. The Morgan fingerprint density at radius 2 is 1.91 bits per heavy atom. The van der Waals surface area contributed by atoms with Crippen LogP contribution in [0.5, 0.6) is 0 Å². The maximum absolute atomic E-state index is 12.9. The highest BCUT2D eigenvalue weighted by Gasteiger charge is 2.33. The van der Waals surface area contributed by atoms with Crippen LogP contribution in [0.3, 0.4) is 0 Å². The smallest absolute Gasteiger partial charge is 0.163 e. The molecule has 1 aromatic rings. The molecule has 3 nitrogen and oxygen atoms in total. The number of nitrogens with one attached hydrogen (secondary N) is 2. The second kappa shape index (κ2) is 8.02. The molecule has 126 valence electrons. The molecule has 0 radical (unpaired) electrons. The summed E-state index contributed by atoms with van der Waals surface area (Å²) >= 11 is 0. The molecule has 0 bridgehead atoms. The first-order chi connectivity index (χ1) is 11.2. The SMILES string of the molecule is O=C(CCC[NH+]1CC[NH+]2CCCCCC2C1)c1ccc(F)cc1. The van der Waals surface area contributed by atoms with Gasteiger partial charge in [-0.3, -0.25) is 4.79 Å². The Hall–Kier alpha value is -1.26. The van der Waals surface area contributed by atoms with Crippen LogP contribution in [-0.2, 0) is 0 Å². The molecule has 0 amide bonds. The molecule has 0 spiro atoms. The summed E-state index contributed by atoms with van der Waals surface area (Å²) in [6.45, 7) is 6.28. The van der Waals surface area contributed by atoms with Gasteiger partial charge in [0.15, 0.2) is 5.78 Å². The third-order valence-electron chi connectivity index (χ3n) is 5.56. The number of benzene rings is 1. The van der Waals surface area contributed by atoms with Crippen molar-refractivity contribution in [3.63, 3.8) is 0 Å². The van der Waals surface area contributed by atoms with Crippen LogP contribution in [-0.4, -0.2) is 44.5 Å². The summed E-state index contributed by atoms with van der Waals surface area (Å²) < 4.78 is 12.9. The second-order valence-electron chi connectivity index (χ2n) is 7.19. The summed E-state index contributed by atoms with van der Waals surface area (Å²) in [6, 6.07) is 6.77. The lowest BCUT2D eigenvalue weighted by atomic mass is 10.0. The normalized spacial score (nSPS) is 28.0. The molecule has 2 aliphatic heterocycles. The predicted octanol–water partition coefficient (Wildman–Crippen LogP) is 0.515. The van der Waals surface area contributed by atoms with Crippen molar-refractivity contribution in [2.45, 2.75) is 44.6 Å². The monoisotopic (exact) mass is 320 g/mol. The maximum Gasteiger partial charge on any atom is 0.163 e. The highest BCUT2D eigenvalue weighted by Crippen LogP contribution is 2.07. The summed E-state index contributed by atoms with van der Waals surface area (Å²) in [5.41, 5.74) is 0.638. The van der Waals surface area contributed by atoms with Gasteiger partial charge in [0.05, 0.1) is 13.1 Å². The van der Waals surface area contributed by atoms with Gasteiger partial charge in [0.1, 0.15) is 31.5 Å². The average molecular weight is 320 g/mol. The van der Waals surface area contributed by atoms with Crippen LogP contribution in [0.15, 0.2) is 24.3 Å². The van der Waals surface area contributed by atoms with Crippen LogP contribution in [0, 0.1) is 5.82 Å². The van der Waals surface area contributed by atoms with Gasteiger partial charge in [-0.15, -0.1) is 0 Å². The summed E-state index contributed by atoms with van der Waals surface area (Å²) in [5.74, 6) is -0.141. The molecule has 2 fully saturated rings. The Kier molecular flexibility index (Phi) is 5.79. The van der Waals surface area contributed by atoms with E-state index in [4.69, 9.17) is 0 Å². The minimum Gasteiger partial charge on any atom is -0.325 e. The van der Waals surface area contributed by atoms with Crippen LogP contribution in [0.25, 0.3) is 0 Å². The van der Waals surface area contributed by atoms with Crippen molar-refractivity contribution in [1.29, 1.82) is 0 Å². The quantitative estimate of drug-likeness (QED) is 0.760. The highest BCUT2D eigenvalue weighted by molar-refractivity contribution is 5.95. The number of Topliss-reactive ketones (excluding diaryl/α,β-unsaturated/α-hetero) is 1. The van der Waals surface area contributed by atoms with E-state index in [1.807, 2.05) is 4.90 Å². The number of rotatable bonds is 5. The molecule has 2 N–H and O–H groups in total. The van der Waals surface area contributed by atoms with Gasteiger partial charge in [-0.25, -0.2) is 4.39 Å². The molecule has 2 saturated heterocycles. The van der Waals surface area contributed by atoms with Gasteiger partial charge in [0.25, 0.3) is 0 Å². The highest BCUT2D eigenvalue weighted by atomic mass is 19.1. The van der Waals surface area contributed by atoms with Crippen LogP contribution in [0.4, 0.5) is 4.39 Å². The second-order valence-corrected chi connectivity index (χ2v) is 7.19. The molecule has 4 heteroatoms. The van der Waals surface area contributed by atoms with Crippen LogP contribution in [0.1, 0.15) is 48.9 Å². The van der Waals surface area contributed by atoms with E-state index in [0.717, 1.165) is 19.0 Å². The number of halogens is 1. The van der Waals surface area contributed by atoms with Gasteiger partial charge in [0, 0.05) is 24.8 Å². The Morgan fingerprint density at radius 1 is 1.09 bits per heavy atom. The number of fused-ring (bicyclic) bond motifs is 1. The molecule has 3 unspecified atom stereocenters. The first-order valence-corrected chi connectivity index (χ1v) is 9.19. The zero-order valence-electron chi connectivity index (χ0n) is 14.0. The van der Waals surface area contributed by atoms with Crippen LogP contribution >= 0.6 is 0 Å². The fraction of sp³-hybridized carbons (Fsp3) is 0.632. The average Bonchev–Trinajstić information content (AvgIpc) is 2.80. The third kappa shape index (κ3) is 4.61. The van der Waals surface area contributed by atoms with Gasteiger partial charge in [-0.1, -0.05) is 0 Å². The van der Waals surface area contributed by atoms with Crippen molar-refractivity contribution < 1.29 is 19.0 Å². The van der Waals surface area contributed by atoms with Crippen LogP contribution in [0.2, 0.25) is 0 Å². The lowest BCUT2D eigenvalue weighted by Crippen LogP contribution is -3.30. The number of carbonyl (C=O) groups is 1. The number of carbonyl (C=O) groups excluding carboxylic acids is 1. The maximum atomic E-state index is 12.9. The molecule has 1 aromatic carbocycles. The van der Waals surface area contributed by atoms with E-state index < -0.39 is 0 Å². The number of hydrogen-bond donors (Lipinski definition) is 2. The van der Waals surface area contributed by atoms with Crippen LogP contribution < -0.4 is 9.80 Å². The summed E-state index contributed by atoms with van der Waals surface area (Å²) in [7, 11) is 0. The molecular weight excluding hydrogens is 291 g/mol. The molecule has 3 rings (SSSR count). The Balaban J connectivity index is 1.42. The molecular formula is C19H29FN2O+2. The molecule has 3 atom stereocenters. The minimum absolute atomic E-state index is 0.142. The van der Waals surface area contributed by atoms with E-state index in [-0.39, 0.29) is 11.6 Å². The van der Waals surface area contributed by atoms with Crippen molar-refractivity contribution in [2.75, 3.05) is 32.7 Å². The number of piperazine rings is 1. The Morgan fingerprint density at radius 3 is 2.74 bits per heavy atom. The fourth-order valence-electron chi connectivity index (χ4n) is 4.20. The van der Waals surface area contributed by atoms with Crippen molar-refractivity contribution in [3.8, 4) is 0 Å².